The molecule has 0 radical (unpaired) electrons. The van der Waals surface area contributed by atoms with E-state index < -0.39 is 0 Å². The van der Waals surface area contributed by atoms with Crippen LogP contribution in [0.2, 0.25) is 0 Å². The molecule has 2 N–H and O–H groups in total. The van der Waals surface area contributed by atoms with Crippen LogP contribution in [0.4, 0.5) is 5.69 Å². The van der Waals surface area contributed by atoms with Crippen LogP contribution in [-0.2, 0) is 11.2 Å². The second kappa shape index (κ2) is 10.8. The van der Waals surface area contributed by atoms with Gasteiger partial charge in [0.05, 0.1) is 5.69 Å². The van der Waals surface area contributed by atoms with E-state index in [4.69, 9.17) is 12.2 Å². The molecule has 0 aliphatic rings. The summed E-state index contributed by atoms with van der Waals surface area (Å²) >= 11 is 5.25. The van der Waals surface area contributed by atoms with Gasteiger partial charge in [0.1, 0.15) is 11.0 Å². The second-order valence-corrected chi connectivity index (χ2v) is 7.83. The Morgan fingerprint density at radius 2 is 1.70 bits per heavy atom. The lowest BCUT2D eigenvalue weighted by atomic mass is 10.1. The monoisotopic (exact) mass is 423 g/mol. The summed E-state index contributed by atoms with van der Waals surface area (Å²) in [6, 6.07) is 14.0. The lowest BCUT2D eigenvalue weighted by molar-refractivity contribution is -0.119. The number of amides is 1. The van der Waals surface area contributed by atoms with Crippen LogP contribution in [0.5, 0.6) is 0 Å². The summed E-state index contributed by atoms with van der Waals surface area (Å²) in [6.45, 7) is 4.31. The van der Waals surface area contributed by atoms with Crippen molar-refractivity contribution in [1.29, 1.82) is 0 Å². The summed E-state index contributed by atoms with van der Waals surface area (Å²) in [4.78, 5) is 13.6. The van der Waals surface area contributed by atoms with Crippen LogP contribution in [0.15, 0.2) is 42.5 Å². The molecule has 0 spiro atoms. The van der Waals surface area contributed by atoms with Crippen LogP contribution < -0.4 is 10.6 Å². The number of aromatic nitrogens is 3. The molecule has 0 fully saturated rings. The predicted molar refractivity (Wildman–Crippen MR) is 126 cm³/mol. The number of nitrogens with zero attached hydrogens (tertiary/aromatic N) is 3. The van der Waals surface area contributed by atoms with E-state index in [1.54, 1.807) is 4.80 Å². The van der Waals surface area contributed by atoms with E-state index in [9.17, 15) is 4.79 Å². The van der Waals surface area contributed by atoms with E-state index in [0.717, 1.165) is 48.1 Å². The van der Waals surface area contributed by atoms with E-state index in [2.05, 4.69) is 46.8 Å². The molecule has 0 saturated heterocycles. The van der Waals surface area contributed by atoms with Crippen molar-refractivity contribution in [2.75, 3.05) is 5.32 Å². The first-order chi connectivity index (χ1) is 14.6. The van der Waals surface area contributed by atoms with Gasteiger partial charge in [-0.2, -0.15) is 4.80 Å². The molecule has 1 heterocycles. The number of anilines is 1. The number of aryl methyl sites for hydroxylation is 1. The van der Waals surface area contributed by atoms with Gasteiger partial charge in [-0.15, -0.1) is 10.2 Å². The number of benzene rings is 2. The van der Waals surface area contributed by atoms with E-state index >= 15 is 0 Å². The Labute approximate surface area is 183 Å². The van der Waals surface area contributed by atoms with Crippen LogP contribution in [0, 0.1) is 0 Å². The smallest absolute Gasteiger partial charge is 0.226 e. The number of hydrogen-bond acceptors (Lipinski definition) is 4. The molecule has 1 amide bonds. The molecule has 0 bridgehead atoms. The van der Waals surface area contributed by atoms with Gasteiger partial charge in [-0.3, -0.25) is 4.79 Å². The fourth-order valence-electron chi connectivity index (χ4n) is 3.17. The molecule has 1 aromatic heterocycles. The van der Waals surface area contributed by atoms with Crippen molar-refractivity contribution in [2.45, 2.75) is 58.8 Å². The maximum absolute atomic E-state index is 11.9. The van der Waals surface area contributed by atoms with Gasteiger partial charge in [-0.25, -0.2) is 0 Å². The fourth-order valence-corrected chi connectivity index (χ4v) is 3.40. The molecule has 0 atom stereocenters. The Morgan fingerprint density at radius 1 is 0.967 bits per heavy atom. The summed E-state index contributed by atoms with van der Waals surface area (Å²) in [6.07, 6.45) is 6.96. The quantitative estimate of drug-likeness (QED) is 0.368. The lowest BCUT2D eigenvalue weighted by Crippen LogP contribution is -2.33. The Kier molecular flexibility index (Phi) is 7.90. The highest BCUT2D eigenvalue weighted by molar-refractivity contribution is 7.80. The second-order valence-electron chi connectivity index (χ2n) is 7.42. The largest absolute Gasteiger partial charge is 0.332 e. The van der Waals surface area contributed by atoms with Gasteiger partial charge in [0.25, 0.3) is 0 Å². The van der Waals surface area contributed by atoms with E-state index in [0.29, 0.717) is 11.5 Å². The molecule has 30 heavy (non-hydrogen) atoms. The molecule has 158 valence electrons. The van der Waals surface area contributed by atoms with Gasteiger partial charge in [0, 0.05) is 12.1 Å². The van der Waals surface area contributed by atoms with E-state index in [1.807, 2.05) is 30.3 Å². The summed E-state index contributed by atoms with van der Waals surface area (Å²) in [5.41, 5.74) is 4.57. The molecule has 0 saturated carbocycles. The van der Waals surface area contributed by atoms with Crippen LogP contribution in [0.3, 0.4) is 0 Å². The average Bonchev–Trinajstić information content (AvgIpc) is 3.16. The number of unbranched alkanes of at least 4 members (excludes halogenated alkanes) is 3. The van der Waals surface area contributed by atoms with Crippen molar-refractivity contribution in [1.82, 2.24) is 20.3 Å². The maximum Gasteiger partial charge on any atom is 0.226 e. The van der Waals surface area contributed by atoms with Gasteiger partial charge in [0.15, 0.2) is 5.11 Å². The van der Waals surface area contributed by atoms with Crippen LogP contribution in [-0.4, -0.2) is 26.0 Å². The van der Waals surface area contributed by atoms with Crippen molar-refractivity contribution < 1.29 is 4.79 Å². The highest BCUT2D eigenvalue weighted by Gasteiger charge is 2.08. The number of carbonyl (C=O) groups is 1. The van der Waals surface area contributed by atoms with E-state index in [-0.39, 0.29) is 5.91 Å². The minimum Gasteiger partial charge on any atom is -0.332 e. The number of nitrogens with one attached hydrogen (secondary N) is 2. The Morgan fingerprint density at radius 3 is 2.43 bits per heavy atom. The standard InChI is InChI=1S/C23H29N5OS/c1-3-5-7-9-22(29)25-23(30)24-18-12-15-20-21(16-18)27-28(26-20)19-13-10-17(11-14-19)8-6-4-2/h10-16H,3-9H2,1-2H3,(H2,24,25,29,30). The normalized spacial score (nSPS) is 10.9. The molecule has 3 aromatic rings. The number of thiocarbonyl (C=S) groups is 1. The minimum atomic E-state index is -0.0599. The molecule has 6 nitrogen and oxygen atoms in total. The third kappa shape index (κ3) is 6.10. The first-order valence-electron chi connectivity index (χ1n) is 10.7. The van der Waals surface area contributed by atoms with Crippen molar-refractivity contribution in [2.24, 2.45) is 0 Å². The summed E-state index contributed by atoms with van der Waals surface area (Å²) < 4.78 is 0. The molecule has 0 aliphatic carbocycles. The zero-order valence-electron chi connectivity index (χ0n) is 17.6. The highest BCUT2D eigenvalue weighted by Crippen LogP contribution is 2.18. The van der Waals surface area contributed by atoms with Crippen LogP contribution >= 0.6 is 12.2 Å². The van der Waals surface area contributed by atoms with E-state index in [1.165, 1.54) is 18.4 Å². The summed E-state index contributed by atoms with van der Waals surface area (Å²) in [5, 5.41) is 15.2. The van der Waals surface area contributed by atoms with Crippen LogP contribution in [0.25, 0.3) is 16.7 Å². The topological polar surface area (TPSA) is 71.8 Å². The highest BCUT2D eigenvalue weighted by atomic mass is 32.1. The molecule has 0 unspecified atom stereocenters. The van der Waals surface area contributed by atoms with Gasteiger partial charge < -0.3 is 10.6 Å². The van der Waals surface area contributed by atoms with Gasteiger partial charge >= 0.3 is 0 Å². The molecule has 7 heteroatoms. The Hall–Kier alpha value is -2.80. The molecular weight excluding hydrogens is 394 g/mol. The first-order valence-corrected chi connectivity index (χ1v) is 11.1. The fraction of sp³-hybridized carbons (Fsp3) is 0.391. The molecule has 3 rings (SSSR count). The predicted octanol–water partition coefficient (Wildman–Crippen LogP) is 5.16. The SMILES string of the molecule is CCCCCC(=O)NC(=S)Nc1ccc2nn(-c3ccc(CCCC)cc3)nc2c1. The third-order valence-electron chi connectivity index (χ3n) is 4.88. The van der Waals surface area contributed by atoms with Crippen LogP contribution in [0.1, 0.15) is 57.9 Å². The van der Waals surface area contributed by atoms with Crippen molar-refractivity contribution >= 4 is 40.0 Å². The van der Waals surface area contributed by atoms with Crippen molar-refractivity contribution in [3.63, 3.8) is 0 Å². The average molecular weight is 424 g/mol. The zero-order chi connectivity index (χ0) is 21.3. The summed E-state index contributed by atoms with van der Waals surface area (Å²) in [7, 11) is 0. The zero-order valence-corrected chi connectivity index (χ0v) is 18.5. The number of rotatable bonds is 9. The summed E-state index contributed by atoms with van der Waals surface area (Å²) in [5.74, 6) is -0.0599. The molecule has 0 aliphatic heterocycles. The van der Waals surface area contributed by atoms with Gasteiger partial charge in [-0.05, 0) is 67.4 Å². The third-order valence-corrected chi connectivity index (χ3v) is 5.09. The number of carbonyl (C=O) groups excluding carboxylic acids is 1. The number of hydrogen-bond donors (Lipinski definition) is 2. The van der Waals surface area contributed by atoms with Gasteiger partial charge in [0.2, 0.25) is 5.91 Å². The number of fused-ring (bicyclic) bond motifs is 1. The maximum atomic E-state index is 11.9. The molecular formula is C23H29N5OS. The van der Waals surface area contributed by atoms with Gasteiger partial charge in [-0.1, -0.05) is 45.2 Å². The Bertz CT molecular complexity index is 997. The minimum absolute atomic E-state index is 0.0599. The Balaban J connectivity index is 1.64. The lowest BCUT2D eigenvalue weighted by Gasteiger charge is -2.09. The van der Waals surface area contributed by atoms with Crippen molar-refractivity contribution in [3.05, 3.63) is 48.0 Å². The van der Waals surface area contributed by atoms with Crippen molar-refractivity contribution in [3.8, 4) is 5.69 Å². The first kappa shape index (κ1) is 21.9. The molecule has 2 aromatic carbocycles.